The summed E-state index contributed by atoms with van der Waals surface area (Å²) in [5.74, 6) is -0.0369. The van der Waals surface area contributed by atoms with Crippen LogP contribution in [0.4, 0.5) is 5.69 Å². The largest absolute Gasteiger partial charge is 0.338 e. The van der Waals surface area contributed by atoms with Crippen LogP contribution in [0.25, 0.3) is 10.9 Å². The van der Waals surface area contributed by atoms with Gasteiger partial charge in [-0.05, 0) is 42.0 Å². The zero-order chi connectivity index (χ0) is 23.3. The molecule has 0 radical (unpaired) electrons. The third-order valence-corrected chi connectivity index (χ3v) is 7.27. The average Bonchev–Trinajstić information content (AvgIpc) is 3.12. The van der Waals surface area contributed by atoms with E-state index in [9.17, 15) is 4.79 Å². The average molecular weight is 527 g/mol. The third kappa shape index (κ3) is 5.11. The Kier molecular flexibility index (Phi) is 6.84. The van der Waals surface area contributed by atoms with Crippen LogP contribution in [-0.4, -0.2) is 10.5 Å². The predicted octanol–water partition coefficient (Wildman–Crippen LogP) is 7.78. The normalized spacial score (nSPS) is 11.0. The Bertz CT molecular complexity index is 1350. The molecule has 0 fully saturated rings. The number of aromatic nitrogens is 1. The first-order valence-corrected chi connectivity index (χ1v) is 12.7. The number of para-hydroxylation sites is 1. The van der Waals surface area contributed by atoms with Crippen molar-refractivity contribution < 1.29 is 4.79 Å². The molecular weight excluding hydrogens is 504 g/mol. The number of hydrogen-bond acceptors (Lipinski definition) is 2. The first-order valence-electron chi connectivity index (χ1n) is 11.1. The Hall–Kier alpha value is -3.28. The van der Waals surface area contributed by atoms with Crippen molar-refractivity contribution in [2.75, 3.05) is 5.32 Å². The lowest BCUT2D eigenvalue weighted by Gasteiger charge is -2.13. The van der Waals surface area contributed by atoms with Crippen LogP contribution in [0.3, 0.4) is 0 Å². The van der Waals surface area contributed by atoms with Crippen molar-refractivity contribution in [1.29, 1.82) is 0 Å². The summed E-state index contributed by atoms with van der Waals surface area (Å²) in [5, 5.41) is 4.23. The molecule has 0 aliphatic heterocycles. The molecular formula is C29H23BrN2OS. The van der Waals surface area contributed by atoms with E-state index < -0.39 is 0 Å². The number of carbonyl (C=O) groups is 1. The van der Waals surface area contributed by atoms with Gasteiger partial charge in [0, 0.05) is 43.1 Å². The van der Waals surface area contributed by atoms with Crippen LogP contribution in [0.2, 0.25) is 0 Å². The summed E-state index contributed by atoms with van der Waals surface area (Å²) >= 11 is 5.20. The fourth-order valence-electron chi connectivity index (χ4n) is 4.09. The maximum atomic E-state index is 13.2. The molecule has 3 nitrogen and oxygen atoms in total. The standard InChI is InChI=1S/C29H23BrN2OS/c30-22-12-9-13-23(18-22)31-28(33)19-27-29(34-24-14-5-2-6-15-24)25-16-7-8-17-26(25)32(27)20-21-10-3-1-4-11-21/h1-18H,19-20H2,(H,31,33). The second-order valence-electron chi connectivity index (χ2n) is 8.02. The smallest absolute Gasteiger partial charge is 0.230 e. The maximum Gasteiger partial charge on any atom is 0.230 e. The van der Waals surface area contributed by atoms with Crippen molar-refractivity contribution in [3.8, 4) is 0 Å². The highest BCUT2D eigenvalue weighted by Crippen LogP contribution is 2.39. The van der Waals surface area contributed by atoms with Gasteiger partial charge in [-0.3, -0.25) is 4.79 Å². The number of hydrogen-bond donors (Lipinski definition) is 1. The van der Waals surface area contributed by atoms with Crippen molar-refractivity contribution in [3.05, 3.63) is 125 Å². The number of carbonyl (C=O) groups excluding carboxylic acids is 1. The molecule has 1 N–H and O–H groups in total. The van der Waals surface area contributed by atoms with Crippen LogP contribution in [-0.2, 0) is 17.8 Å². The molecule has 5 aromatic rings. The van der Waals surface area contributed by atoms with Gasteiger partial charge in [0.1, 0.15) is 0 Å². The predicted molar refractivity (Wildman–Crippen MR) is 145 cm³/mol. The molecule has 0 spiro atoms. The topological polar surface area (TPSA) is 34.0 Å². The summed E-state index contributed by atoms with van der Waals surface area (Å²) in [6.07, 6.45) is 0.281. The van der Waals surface area contributed by atoms with Gasteiger partial charge in [-0.2, -0.15) is 0 Å². The number of anilines is 1. The molecule has 0 atom stereocenters. The molecule has 0 saturated carbocycles. The third-order valence-electron chi connectivity index (χ3n) is 5.61. The van der Waals surface area contributed by atoms with Gasteiger partial charge in [-0.25, -0.2) is 0 Å². The number of rotatable bonds is 7. The number of amides is 1. The lowest BCUT2D eigenvalue weighted by molar-refractivity contribution is -0.115. The zero-order valence-electron chi connectivity index (χ0n) is 18.4. The van der Waals surface area contributed by atoms with Gasteiger partial charge in [-0.15, -0.1) is 0 Å². The highest BCUT2D eigenvalue weighted by molar-refractivity contribution is 9.10. The van der Waals surface area contributed by atoms with Crippen LogP contribution in [0, 0.1) is 0 Å². The quantitative estimate of drug-likeness (QED) is 0.235. The molecule has 4 aromatic carbocycles. The van der Waals surface area contributed by atoms with Crippen LogP contribution in [0.1, 0.15) is 11.3 Å². The van der Waals surface area contributed by atoms with E-state index in [4.69, 9.17) is 0 Å². The summed E-state index contributed by atoms with van der Waals surface area (Å²) in [4.78, 5) is 15.5. The van der Waals surface area contributed by atoms with Gasteiger partial charge in [0.2, 0.25) is 5.91 Å². The first-order chi connectivity index (χ1) is 16.7. The minimum atomic E-state index is -0.0369. The lowest BCUT2D eigenvalue weighted by Crippen LogP contribution is -2.17. The molecule has 0 aliphatic carbocycles. The van der Waals surface area contributed by atoms with Gasteiger partial charge in [0.25, 0.3) is 0 Å². The molecule has 5 heteroatoms. The van der Waals surface area contributed by atoms with E-state index in [0.717, 1.165) is 36.5 Å². The van der Waals surface area contributed by atoms with Crippen LogP contribution in [0.5, 0.6) is 0 Å². The fourth-order valence-corrected chi connectivity index (χ4v) is 5.60. The van der Waals surface area contributed by atoms with Gasteiger partial charge in [-0.1, -0.05) is 100 Å². The van der Waals surface area contributed by atoms with Crippen molar-refractivity contribution >= 4 is 50.2 Å². The molecule has 5 rings (SSSR count). The van der Waals surface area contributed by atoms with Gasteiger partial charge < -0.3 is 9.88 Å². The monoisotopic (exact) mass is 526 g/mol. The molecule has 0 bridgehead atoms. The van der Waals surface area contributed by atoms with Gasteiger partial charge in [0.15, 0.2) is 0 Å². The lowest BCUT2D eigenvalue weighted by atomic mass is 10.2. The van der Waals surface area contributed by atoms with Crippen molar-refractivity contribution in [1.82, 2.24) is 4.57 Å². The zero-order valence-corrected chi connectivity index (χ0v) is 20.9. The molecule has 34 heavy (non-hydrogen) atoms. The number of halogens is 1. The van der Waals surface area contributed by atoms with E-state index in [1.807, 2.05) is 48.5 Å². The summed E-state index contributed by atoms with van der Waals surface area (Å²) < 4.78 is 3.22. The number of nitrogens with one attached hydrogen (secondary N) is 1. The summed E-state index contributed by atoms with van der Waals surface area (Å²) in [7, 11) is 0. The molecule has 1 aromatic heterocycles. The Labute approximate surface area is 212 Å². The fraction of sp³-hybridized carbons (Fsp3) is 0.0690. The molecule has 1 amide bonds. The number of fused-ring (bicyclic) bond motifs is 1. The van der Waals surface area contributed by atoms with E-state index >= 15 is 0 Å². The van der Waals surface area contributed by atoms with E-state index in [1.54, 1.807) is 11.8 Å². The summed E-state index contributed by atoms with van der Waals surface area (Å²) in [6, 6.07) is 36.8. The second kappa shape index (κ2) is 10.3. The van der Waals surface area contributed by atoms with Crippen LogP contribution in [0.15, 0.2) is 123 Å². The number of benzene rings is 4. The molecule has 1 heterocycles. The molecule has 0 aliphatic rings. The summed E-state index contributed by atoms with van der Waals surface area (Å²) in [6.45, 7) is 0.705. The Morgan fingerprint density at radius 3 is 2.29 bits per heavy atom. The van der Waals surface area contributed by atoms with Gasteiger partial charge >= 0.3 is 0 Å². The van der Waals surface area contributed by atoms with E-state index in [1.165, 1.54) is 5.56 Å². The molecule has 0 unspecified atom stereocenters. The Morgan fingerprint density at radius 1 is 0.824 bits per heavy atom. The van der Waals surface area contributed by atoms with E-state index in [-0.39, 0.29) is 12.3 Å². The minimum Gasteiger partial charge on any atom is -0.338 e. The van der Waals surface area contributed by atoms with Crippen molar-refractivity contribution in [2.24, 2.45) is 0 Å². The second-order valence-corrected chi connectivity index (χ2v) is 10.0. The Morgan fingerprint density at radius 2 is 1.53 bits per heavy atom. The minimum absolute atomic E-state index is 0.0369. The van der Waals surface area contributed by atoms with E-state index in [2.05, 4.69) is 86.5 Å². The highest BCUT2D eigenvalue weighted by Gasteiger charge is 2.21. The summed E-state index contributed by atoms with van der Waals surface area (Å²) in [5.41, 5.74) is 4.14. The van der Waals surface area contributed by atoms with Crippen LogP contribution >= 0.6 is 27.7 Å². The molecule has 168 valence electrons. The number of nitrogens with zero attached hydrogens (tertiary/aromatic N) is 1. The SMILES string of the molecule is O=C(Cc1c(Sc2ccccc2)c2ccccc2n1Cc1ccccc1)Nc1cccc(Br)c1. The van der Waals surface area contributed by atoms with Gasteiger partial charge in [0.05, 0.1) is 6.42 Å². The molecule has 0 saturated heterocycles. The van der Waals surface area contributed by atoms with E-state index in [0.29, 0.717) is 6.54 Å². The first kappa shape index (κ1) is 22.5. The van der Waals surface area contributed by atoms with Crippen molar-refractivity contribution in [3.63, 3.8) is 0 Å². The van der Waals surface area contributed by atoms with Crippen LogP contribution < -0.4 is 5.32 Å². The highest BCUT2D eigenvalue weighted by atomic mass is 79.9. The Balaban J connectivity index is 1.58. The maximum absolute atomic E-state index is 13.2. The van der Waals surface area contributed by atoms with Crippen molar-refractivity contribution in [2.45, 2.75) is 22.8 Å².